The lowest BCUT2D eigenvalue weighted by atomic mass is 9.74. The summed E-state index contributed by atoms with van der Waals surface area (Å²) in [6.07, 6.45) is 10.4. The molecule has 94 valence electrons. The van der Waals surface area contributed by atoms with Crippen LogP contribution in [0.25, 0.3) is 0 Å². The van der Waals surface area contributed by atoms with Crippen molar-refractivity contribution in [3.8, 4) is 0 Å². The maximum atomic E-state index is 9.82. The van der Waals surface area contributed by atoms with Gasteiger partial charge in [0, 0.05) is 11.6 Å². The Kier molecular flexibility index (Phi) is 3.60. The molecule has 2 rings (SSSR count). The van der Waals surface area contributed by atoms with Crippen molar-refractivity contribution in [2.45, 2.75) is 76.8 Å². The van der Waals surface area contributed by atoms with E-state index in [-0.39, 0.29) is 11.0 Å². The summed E-state index contributed by atoms with van der Waals surface area (Å²) >= 11 is 0. The molecule has 0 amide bonds. The highest BCUT2D eigenvalue weighted by Gasteiger charge is 2.49. The van der Waals surface area contributed by atoms with Gasteiger partial charge in [-0.2, -0.15) is 0 Å². The Balaban J connectivity index is 2.03. The van der Waals surface area contributed by atoms with Crippen molar-refractivity contribution in [3.63, 3.8) is 0 Å². The van der Waals surface area contributed by atoms with E-state index in [0.717, 1.165) is 6.42 Å². The van der Waals surface area contributed by atoms with Crippen LogP contribution in [-0.4, -0.2) is 23.3 Å². The van der Waals surface area contributed by atoms with Gasteiger partial charge in [-0.05, 0) is 31.1 Å². The Morgan fingerprint density at radius 2 is 1.75 bits per heavy atom. The van der Waals surface area contributed by atoms with Gasteiger partial charge in [0.25, 0.3) is 0 Å². The number of hydrogen-bond acceptors (Lipinski definition) is 2. The van der Waals surface area contributed by atoms with Gasteiger partial charge in [-0.3, -0.25) is 0 Å². The Morgan fingerprint density at radius 1 is 1.06 bits per heavy atom. The highest BCUT2D eigenvalue weighted by atomic mass is 16.3. The van der Waals surface area contributed by atoms with Crippen molar-refractivity contribution >= 4 is 0 Å². The van der Waals surface area contributed by atoms with Gasteiger partial charge in [0.05, 0.1) is 6.61 Å². The number of rotatable bonds is 3. The Morgan fingerprint density at radius 3 is 2.25 bits per heavy atom. The topological polar surface area (TPSA) is 32.3 Å². The van der Waals surface area contributed by atoms with Crippen LogP contribution >= 0.6 is 0 Å². The Hall–Kier alpha value is -0.0800. The monoisotopic (exact) mass is 225 g/mol. The van der Waals surface area contributed by atoms with E-state index < -0.39 is 0 Å². The third-order valence-electron chi connectivity index (χ3n) is 5.06. The van der Waals surface area contributed by atoms with Crippen LogP contribution in [0.15, 0.2) is 0 Å². The molecule has 0 radical (unpaired) electrons. The highest BCUT2D eigenvalue weighted by Crippen LogP contribution is 2.46. The summed E-state index contributed by atoms with van der Waals surface area (Å²) in [7, 11) is 0. The van der Waals surface area contributed by atoms with Crippen LogP contribution in [0.5, 0.6) is 0 Å². The first-order valence-electron chi connectivity index (χ1n) is 6.98. The SMILES string of the molecule is CC1(C)CCCC1(CO)NC1CCCCC1. The van der Waals surface area contributed by atoms with E-state index in [9.17, 15) is 5.11 Å². The molecule has 0 heterocycles. The first kappa shape index (κ1) is 12.4. The van der Waals surface area contributed by atoms with Gasteiger partial charge in [-0.25, -0.2) is 0 Å². The normalized spacial score (nSPS) is 35.4. The van der Waals surface area contributed by atoms with E-state index >= 15 is 0 Å². The largest absolute Gasteiger partial charge is 0.394 e. The van der Waals surface area contributed by atoms with E-state index in [0.29, 0.717) is 12.6 Å². The smallest absolute Gasteiger partial charge is 0.0618 e. The standard InChI is InChI=1S/C14H27NO/c1-13(2)9-6-10-14(13,11-16)15-12-7-4-3-5-8-12/h12,15-16H,3-11H2,1-2H3. The molecule has 0 spiro atoms. The molecule has 2 heteroatoms. The zero-order valence-corrected chi connectivity index (χ0v) is 10.9. The molecule has 1 unspecified atom stereocenters. The summed E-state index contributed by atoms with van der Waals surface area (Å²) < 4.78 is 0. The van der Waals surface area contributed by atoms with E-state index in [1.165, 1.54) is 44.9 Å². The van der Waals surface area contributed by atoms with Crippen LogP contribution < -0.4 is 5.32 Å². The van der Waals surface area contributed by atoms with Gasteiger partial charge in [0.1, 0.15) is 0 Å². The van der Waals surface area contributed by atoms with Gasteiger partial charge in [0.2, 0.25) is 0 Å². The van der Waals surface area contributed by atoms with Crippen LogP contribution in [0.1, 0.15) is 65.2 Å². The molecule has 2 nitrogen and oxygen atoms in total. The molecular weight excluding hydrogens is 198 g/mol. The minimum Gasteiger partial charge on any atom is -0.394 e. The first-order valence-corrected chi connectivity index (χ1v) is 6.98. The van der Waals surface area contributed by atoms with Crippen molar-refractivity contribution in [3.05, 3.63) is 0 Å². The maximum absolute atomic E-state index is 9.82. The zero-order valence-electron chi connectivity index (χ0n) is 10.9. The predicted molar refractivity (Wildman–Crippen MR) is 67.5 cm³/mol. The van der Waals surface area contributed by atoms with Crippen LogP contribution in [-0.2, 0) is 0 Å². The molecule has 0 saturated heterocycles. The molecule has 0 bridgehead atoms. The fourth-order valence-electron chi connectivity index (χ4n) is 3.65. The van der Waals surface area contributed by atoms with Gasteiger partial charge in [-0.1, -0.05) is 39.5 Å². The molecule has 0 aromatic heterocycles. The molecule has 0 aromatic rings. The van der Waals surface area contributed by atoms with E-state index in [1.807, 2.05) is 0 Å². The second-order valence-corrected chi connectivity index (χ2v) is 6.46. The van der Waals surface area contributed by atoms with Gasteiger partial charge in [-0.15, -0.1) is 0 Å². The average molecular weight is 225 g/mol. The minimum absolute atomic E-state index is 0.00495. The molecule has 0 aliphatic heterocycles. The maximum Gasteiger partial charge on any atom is 0.0618 e. The van der Waals surface area contributed by atoms with Crippen molar-refractivity contribution in [2.24, 2.45) is 5.41 Å². The lowest BCUT2D eigenvalue weighted by Crippen LogP contribution is -2.59. The van der Waals surface area contributed by atoms with Crippen LogP contribution in [0, 0.1) is 5.41 Å². The van der Waals surface area contributed by atoms with Crippen LogP contribution in [0.3, 0.4) is 0 Å². The Labute approximate surface area is 99.8 Å². The summed E-state index contributed by atoms with van der Waals surface area (Å²) in [5.41, 5.74) is 0.244. The highest BCUT2D eigenvalue weighted by molar-refractivity contribution is 5.06. The van der Waals surface area contributed by atoms with Crippen molar-refractivity contribution in [1.82, 2.24) is 5.32 Å². The lowest BCUT2D eigenvalue weighted by Gasteiger charge is -2.44. The summed E-state index contributed by atoms with van der Waals surface area (Å²) in [6, 6.07) is 0.651. The summed E-state index contributed by atoms with van der Waals surface area (Å²) in [5.74, 6) is 0. The number of hydrogen-bond donors (Lipinski definition) is 2. The van der Waals surface area contributed by atoms with E-state index in [2.05, 4.69) is 19.2 Å². The molecule has 16 heavy (non-hydrogen) atoms. The summed E-state index contributed by atoms with van der Waals surface area (Å²) in [4.78, 5) is 0. The molecule has 2 saturated carbocycles. The molecule has 1 atom stereocenters. The van der Waals surface area contributed by atoms with Crippen LogP contribution in [0.2, 0.25) is 0 Å². The number of aliphatic hydroxyl groups is 1. The molecule has 2 aliphatic carbocycles. The van der Waals surface area contributed by atoms with E-state index in [4.69, 9.17) is 0 Å². The van der Waals surface area contributed by atoms with Gasteiger partial charge < -0.3 is 10.4 Å². The number of nitrogens with one attached hydrogen (secondary N) is 1. The first-order chi connectivity index (χ1) is 7.60. The summed E-state index contributed by atoms with van der Waals surface area (Å²) in [6.45, 7) is 4.93. The third-order valence-corrected chi connectivity index (χ3v) is 5.06. The van der Waals surface area contributed by atoms with E-state index in [1.54, 1.807) is 0 Å². The average Bonchev–Trinajstić information content (AvgIpc) is 2.56. The summed E-state index contributed by atoms with van der Waals surface area (Å²) in [5, 5.41) is 13.6. The molecule has 2 fully saturated rings. The second kappa shape index (κ2) is 4.66. The molecular formula is C14H27NO. The number of aliphatic hydroxyl groups excluding tert-OH is 1. The molecule has 2 N–H and O–H groups in total. The van der Waals surface area contributed by atoms with Crippen LogP contribution in [0.4, 0.5) is 0 Å². The van der Waals surface area contributed by atoms with Gasteiger partial charge >= 0.3 is 0 Å². The zero-order chi connectivity index (χ0) is 11.6. The predicted octanol–water partition coefficient (Wildman–Crippen LogP) is 2.85. The van der Waals surface area contributed by atoms with Gasteiger partial charge in [0.15, 0.2) is 0 Å². The fraction of sp³-hybridized carbons (Fsp3) is 1.00. The lowest BCUT2D eigenvalue weighted by molar-refractivity contribution is 0.0584. The van der Waals surface area contributed by atoms with Crippen molar-refractivity contribution in [2.75, 3.05) is 6.61 Å². The minimum atomic E-state index is -0.00495. The molecule has 0 aromatic carbocycles. The quantitative estimate of drug-likeness (QED) is 0.774. The molecule has 2 aliphatic rings. The second-order valence-electron chi connectivity index (χ2n) is 6.46. The fourth-order valence-corrected chi connectivity index (χ4v) is 3.65. The van der Waals surface area contributed by atoms with Crippen molar-refractivity contribution in [1.29, 1.82) is 0 Å². The Bertz CT molecular complexity index is 233. The van der Waals surface area contributed by atoms with Crippen molar-refractivity contribution < 1.29 is 5.11 Å². The third kappa shape index (κ3) is 2.14.